The van der Waals surface area contributed by atoms with Crippen molar-refractivity contribution in [2.24, 2.45) is 5.73 Å². The third-order valence-corrected chi connectivity index (χ3v) is 3.14. The molecule has 126 valence electrons. The van der Waals surface area contributed by atoms with Crippen LogP contribution >= 0.6 is 0 Å². The Bertz CT molecular complexity index is 788. The van der Waals surface area contributed by atoms with Crippen LogP contribution in [0.25, 0.3) is 0 Å². The molecule has 2 aromatic rings. The van der Waals surface area contributed by atoms with Crippen LogP contribution in [0.5, 0.6) is 0 Å². The average molecular weight is 340 g/mol. The molecule has 0 unspecified atom stereocenters. The first-order valence-electron chi connectivity index (χ1n) is 6.72. The second-order valence-electron chi connectivity index (χ2n) is 4.97. The van der Waals surface area contributed by atoms with Gasteiger partial charge in [0.05, 0.1) is 12.0 Å². The van der Waals surface area contributed by atoms with E-state index in [2.05, 4.69) is 5.32 Å². The Kier molecular flexibility index (Phi) is 4.87. The molecule has 8 heteroatoms. The van der Waals surface area contributed by atoms with Crippen LogP contribution in [0.4, 0.5) is 23.2 Å². The number of primary amides is 1. The lowest BCUT2D eigenvalue weighted by molar-refractivity contribution is -0.138. The summed E-state index contributed by atoms with van der Waals surface area (Å²) in [5.41, 5.74) is 3.66. The van der Waals surface area contributed by atoms with Gasteiger partial charge in [-0.15, -0.1) is 0 Å². The first-order chi connectivity index (χ1) is 11.2. The molecule has 2 rings (SSSR count). The second-order valence-corrected chi connectivity index (χ2v) is 4.97. The minimum atomic E-state index is -4.59. The van der Waals surface area contributed by atoms with Gasteiger partial charge in [-0.2, -0.15) is 13.2 Å². The molecule has 0 heterocycles. The summed E-state index contributed by atoms with van der Waals surface area (Å²) in [6, 6.07) is 7.61. The largest absolute Gasteiger partial charge is 0.416 e. The molecule has 0 aliphatic heterocycles. The molecule has 0 spiro atoms. The molecule has 0 saturated carbocycles. The van der Waals surface area contributed by atoms with Gasteiger partial charge in [-0.3, -0.25) is 9.59 Å². The van der Waals surface area contributed by atoms with Gasteiger partial charge in [0, 0.05) is 11.3 Å². The smallest absolute Gasteiger partial charge is 0.366 e. The van der Waals surface area contributed by atoms with E-state index < -0.39 is 35.8 Å². The normalized spacial score (nSPS) is 11.2. The lowest BCUT2D eigenvalue weighted by Gasteiger charge is -2.13. The van der Waals surface area contributed by atoms with E-state index in [1.54, 1.807) is 0 Å². The Balaban J connectivity index is 2.20. The number of alkyl halides is 3. The van der Waals surface area contributed by atoms with E-state index in [9.17, 15) is 27.2 Å². The third-order valence-electron chi connectivity index (χ3n) is 3.14. The van der Waals surface area contributed by atoms with Gasteiger partial charge in [0.25, 0.3) is 0 Å². The zero-order valence-corrected chi connectivity index (χ0v) is 12.2. The van der Waals surface area contributed by atoms with E-state index in [1.807, 2.05) is 0 Å². The van der Waals surface area contributed by atoms with E-state index in [-0.39, 0.29) is 16.8 Å². The monoisotopic (exact) mass is 340 g/mol. The molecule has 0 aliphatic carbocycles. The average Bonchev–Trinajstić information content (AvgIpc) is 2.45. The number of rotatable bonds is 4. The van der Waals surface area contributed by atoms with Crippen molar-refractivity contribution in [1.29, 1.82) is 0 Å². The number of carbonyl (C=O) groups is 2. The van der Waals surface area contributed by atoms with Crippen LogP contribution in [0.3, 0.4) is 0 Å². The van der Waals surface area contributed by atoms with Gasteiger partial charge in [-0.1, -0.05) is 18.2 Å². The number of hydrogen-bond acceptors (Lipinski definition) is 2. The minimum absolute atomic E-state index is 0.0710. The van der Waals surface area contributed by atoms with Crippen molar-refractivity contribution < 1.29 is 27.2 Å². The highest BCUT2D eigenvalue weighted by atomic mass is 19.4. The van der Waals surface area contributed by atoms with Gasteiger partial charge in [0.15, 0.2) is 0 Å². The predicted molar refractivity (Wildman–Crippen MR) is 78.7 cm³/mol. The van der Waals surface area contributed by atoms with E-state index >= 15 is 0 Å². The van der Waals surface area contributed by atoms with Gasteiger partial charge >= 0.3 is 6.18 Å². The molecule has 0 aromatic heterocycles. The SMILES string of the molecule is NC(=O)c1cc(F)cc(NC(=O)Cc2ccccc2C(F)(F)F)c1. The van der Waals surface area contributed by atoms with Crippen LogP contribution in [0.2, 0.25) is 0 Å². The molecule has 2 amide bonds. The summed E-state index contributed by atoms with van der Waals surface area (Å²) in [7, 11) is 0. The van der Waals surface area contributed by atoms with Gasteiger partial charge in [-0.05, 0) is 29.8 Å². The van der Waals surface area contributed by atoms with Gasteiger partial charge in [0.1, 0.15) is 5.82 Å². The Labute approximate surface area is 134 Å². The Morgan fingerprint density at radius 3 is 2.38 bits per heavy atom. The highest BCUT2D eigenvalue weighted by Crippen LogP contribution is 2.32. The quantitative estimate of drug-likeness (QED) is 0.840. The maximum Gasteiger partial charge on any atom is 0.416 e. The summed E-state index contributed by atoms with van der Waals surface area (Å²) in [5, 5.41) is 2.25. The van der Waals surface area contributed by atoms with Crippen molar-refractivity contribution in [3.8, 4) is 0 Å². The Hall–Kier alpha value is -2.90. The lowest BCUT2D eigenvalue weighted by Crippen LogP contribution is -2.18. The molecule has 0 radical (unpaired) electrons. The van der Waals surface area contributed by atoms with Crippen molar-refractivity contribution in [3.63, 3.8) is 0 Å². The lowest BCUT2D eigenvalue weighted by atomic mass is 10.0. The molecule has 2 aromatic carbocycles. The van der Waals surface area contributed by atoms with Gasteiger partial charge in [-0.25, -0.2) is 4.39 Å². The van der Waals surface area contributed by atoms with E-state index in [1.165, 1.54) is 18.2 Å². The van der Waals surface area contributed by atoms with Gasteiger partial charge < -0.3 is 11.1 Å². The van der Waals surface area contributed by atoms with Crippen molar-refractivity contribution in [2.75, 3.05) is 5.32 Å². The number of benzene rings is 2. The van der Waals surface area contributed by atoms with E-state index in [0.29, 0.717) is 0 Å². The molecule has 0 atom stereocenters. The number of nitrogens with two attached hydrogens (primary N) is 1. The summed E-state index contributed by atoms with van der Waals surface area (Å²) in [6.07, 6.45) is -5.15. The standard InChI is InChI=1S/C16H12F4N2O2/c17-11-5-10(15(21)24)6-12(8-11)22-14(23)7-9-3-1-2-4-13(9)16(18,19)20/h1-6,8H,7H2,(H2,21,24)(H,22,23). The van der Waals surface area contributed by atoms with Crippen molar-refractivity contribution in [1.82, 2.24) is 0 Å². The van der Waals surface area contributed by atoms with Crippen LogP contribution in [0, 0.1) is 5.82 Å². The molecule has 4 nitrogen and oxygen atoms in total. The minimum Gasteiger partial charge on any atom is -0.366 e. The maximum absolute atomic E-state index is 13.4. The second kappa shape index (κ2) is 6.69. The fourth-order valence-electron chi connectivity index (χ4n) is 2.13. The fraction of sp³-hybridized carbons (Fsp3) is 0.125. The van der Waals surface area contributed by atoms with E-state index in [0.717, 1.165) is 24.3 Å². The summed E-state index contributed by atoms with van der Waals surface area (Å²) < 4.78 is 52.0. The summed E-state index contributed by atoms with van der Waals surface area (Å²) in [5.74, 6) is -2.49. The van der Waals surface area contributed by atoms with E-state index in [4.69, 9.17) is 5.73 Å². The summed E-state index contributed by atoms with van der Waals surface area (Å²) >= 11 is 0. The molecule has 3 N–H and O–H groups in total. The van der Waals surface area contributed by atoms with Crippen LogP contribution < -0.4 is 11.1 Å². The number of carbonyl (C=O) groups excluding carboxylic acids is 2. The predicted octanol–water partition coefficient (Wildman–Crippen LogP) is 3.12. The van der Waals surface area contributed by atoms with Crippen molar-refractivity contribution >= 4 is 17.5 Å². The number of hydrogen-bond donors (Lipinski definition) is 2. The third kappa shape index (κ3) is 4.31. The highest BCUT2D eigenvalue weighted by molar-refractivity contribution is 5.96. The summed E-state index contributed by atoms with van der Waals surface area (Å²) in [6.45, 7) is 0. The first-order valence-corrected chi connectivity index (χ1v) is 6.72. The highest BCUT2D eigenvalue weighted by Gasteiger charge is 2.33. The first kappa shape index (κ1) is 17.5. The molecule has 0 aliphatic rings. The van der Waals surface area contributed by atoms with Crippen molar-refractivity contribution in [3.05, 3.63) is 65.0 Å². The van der Waals surface area contributed by atoms with Crippen LogP contribution in [-0.4, -0.2) is 11.8 Å². The molecular formula is C16H12F4N2O2. The number of anilines is 1. The number of amides is 2. The fourth-order valence-corrected chi connectivity index (χ4v) is 2.13. The molecule has 0 fully saturated rings. The molecular weight excluding hydrogens is 328 g/mol. The molecule has 24 heavy (non-hydrogen) atoms. The summed E-state index contributed by atoms with van der Waals surface area (Å²) in [4.78, 5) is 23.0. The molecule has 0 saturated heterocycles. The van der Waals surface area contributed by atoms with Gasteiger partial charge in [0.2, 0.25) is 11.8 Å². The zero-order chi connectivity index (χ0) is 17.9. The van der Waals surface area contributed by atoms with Crippen LogP contribution in [0.1, 0.15) is 21.5 Å². The number of halogens is 4. The number of nitrogens with one attached hydrogen (secondary N) is 1. The Morgan fingerprint density at radius 2 is 1.75 bits per heavy atom. The van der Waals surface area contributed by atoms with Crippen LogP contribution in [0.15, 0.2) is 42.5 Å². The van der Waals surface area contributed by atoms with Crippen molar-refractivity contribution in [2.45, 2.75) is 12.6 Å². The Morgan fingerprint density at radius 1 is 1.08 bits per heavy atom. The topological polar surface area (TPSA) is 72.2 Å². The van der Waals surface area contributed by atoms with Crippen LogP contribution in [-0.2, 0) is 17.4 Å². The maximum atomic E-state index is 13.4. The zero-order valence-electron chi connectivity index (χ0n) is 12.2. The molecule has 0 bridgehead atoms.